The number of rotatable bonds is 3. The summed E-state index contributed by atoms with van der Waals surface area (Å²) in [5, 5.41) is 2.90. The quantitative estimate of drug-likeness (QED) is 0.730. The standard InChI is InChI=1S/C11H20N2O/c14-11-8-10(9-12-11)4-7-13-5-2-1-3-6-13/h10H,1-9H2,(H,12,14). The number of nitrogens with one attached hydrogen (secondary N) is 1. The smallest absolute Gasteiger partial charge is 0.220 e. The van der Waals surface area contributed by atoms with E-state index in [1.54, 1.807) is 0 Å². The van der Waals surface area contributed by atoms with E-state index in [4.69, 9.17) is 0 Å². The highest BCUT2D eigenvalue weighted by Crippen LogP contribution is 2.16. The van der Waals surface area contributed by atoms with Crippen LogP contribution in [0.25, 0.3) is 0 Å². The first-order valence-electron chi connectivity index (χ1n) is 5.83. The van der Waals surface area contributed by atoms with Crippen molar-refractivity contribution in [2.45, 2.75) is 32.1 Å². The number of carbonyl (C=O) groups excluding carboxylic acids is 1. The zero-order valence-electron chi connectivity index (χ0n) is 8.80. The van der Waals surface area contributed by atoms with E-state index >= 15 is 0 Å². The van der Waals surface area contributed by atoms with Gasteiger partial charge in [-0.15, -0.1) is 0 Å². The van der Waals surface area contributed by atoms with Crippen molar-refractivity contribution < 1.29 is 4.79 Å². The molecule has 0 saturated carbocycles. The van der Waals surface area contributed by atoms with E-state index in [0.717, 1.165) is 13.0 Å². The Morgan fingerprint density at radius 3 is 2.71 bits per heavy atom. The molecule has 0 radical (unpaired) electrons. The summed E-state index contributed by atoms with van der Waals surface area (Å²) in [6, 6.07) is 0. The van der Waals surface area contributed by atoms with E-state index in [2.05, 4.69) is 10.2 Å². The number of likely N-dealkylation sites (tertiary alicyclic amines) is 1. The minimum absolute atomic E-state index is 0.244. The minimum atomic E-state index is 0.244. The van der Waals surface area contributed by atoms with E-state index in [0.29, 0.717) is 5.92 Å². The molecule has 3 heteroatoms. The second-order valence-electron chi connectivity index (χ2n) is 4.57. The third-order valence-electron chi connectivity index (χ3n) is 3.36. The topological polar surface area (TPSA) is 32.3 Å². The van der Waals surface area contributed by atoms with Crippen LogP contribution in [-0.4, -0.2) is 37.0 Å². The van der Waals surface area contributed by atoms with Gasteiger partial charge in [0.1, 0.15) is 0 Å². The van der Waals surface area contributed by atoms with Gasteiger partial charge < -0.3 is 10.2 Å². The van der Waals surface area contributed by atoms with E-state index in [-0.39, 0.29) is 5.91 Å². The normalized spacial score (nSPS) is 29.1. The Morgan fingerprint density at radius 1 is 1.29 bits per heavy atom. The summed E-state index contributed by atoms with van der Waals surface area (Å²) < 4.78 is 0. The van der Waals surface area contributed by atoms with Crippen LogP contribution in [0.3, 0.4) is 0 Å². The molecule has 2 rings (SSSR count). The summed E-state index contributed by atoms with van der Waals surface area (Å²) in [6.45, 7) is 4.65. The molecule has 2 aliphatic rings. The first-order chi connectivity index (χ1) is 6.84. The molecule has 2 aliphatic heterocycles. The van der Waals surface area contributed by atoms with Crippen molar-refractivity contribution in [1.29, 1.82) is 0 Å². The van der Waals surface area contributed by atoms with Gasteiger partial charge in [0.05, 0.1) is 0 Å². The number of amides is 1. The first-order valence-corrected chi connectivity index (χ1v) is 5.83. The fraction of sp³-hybridized carbons (Fsp3) is 0.909. The van der Waals surface area contributed by atoms with Crippen LogP contribution in [0.15, 0.2) is 0 Å². The summed E-state index contributed by atoms with van der Waals surface area (Å²) in [7, 11) is 0. The zero-order chi connectivity index (χ0) is 9.80. The molecule has 3 nitrogen and oxygen atoms in total. The monoisotopic (exact) mass is 196 g/mol. The highest BCUT2D eigenvalue weighted by Gasteiger charge is 2.22. The predicted molar refractivity (Wildman–Crippen MR) is 56.0 cm³/mol. The third-order valence-corrected chi connectivity index (χ3v) is 3.36. The van der Waals surface area contributed by atoms with Gasteiger partial charge in [0.15, 0.2) is 0 Å². The summed E-state index contributed by atoms with van der Waals surface area (Å²) >= 11 is 0. The molecule has 0 aromatic carbocycles. The lowest BCUT2D eigenvalue weighted by Crippen LogP contribution is -2.31. The molecule has 0 aromatic heterocycles. The molecule has 2 saturated heterocycles. The Morgan fingerprint density at radius 2 is 2.07 bits per heavy atom. The molecule has 14 heavy (non-hydrogen) atoms. The molecule has 2 fully saturated rings. The lowest BCUT2D eigenvalue weighted by Gasteiger charge is -2.27. The van der Waals surface area contributed by atoms with Crippen LogP contribution in [0.5, 0.6) is 0 Å². The van der Waals surface area contributed by atoms with Crippen LogP contribution in [-0.2, 0) is 4.79 Å². The van der Waals surface area contributed by atoms with Crippen molar-refractivity contribution in [3.63, 3.8) is 0 Å². The maximum Gasteiger partial charge on any atom is 0.220 e. The van der Waals surface area contributed by atoms with Crippen LogP contribution < -0.4 is 5.32 Å². The van der Waals surface area contributed by atoms with Crippen molar-refractivity contribution in [1.82, 2.24) is 10.2 Å². The van der Waals surface area contributed by atoms with Crippen molar-refractivity contribution >= 4 is 5.91 Å². The summed E-state index contributed by atoms with van der Waals surface area (Å²) in [6.07, 6.45) is 6.08. The summed E-state index contributed by atoms with van der Waals surface area (Å²) in [4.78, 5) is 13.5. The number of piperidine rings is 1. The molecule has 80 valence electrons. The Labute approximate surface area is 85.8 Å². The average Bonchev–Trinajstić information content (AvgIpc) is 2.63. The van der Waals surface area contributed by atoms with Crippen LogP contribution in [0.2, 0.25) is 0 Å². The predicted octanol–water partition coefficient (Wildman–Crippen LogP) is 0.998. The second-order valence-corrected chi connectivity index (χ2v) is 4.57. The largest absolute Gasteiger partial charge is 0.356 e. The Hall–Kier alpha value is -0.570. The van der Waals surface area contributed by atoms with Gasteiger partial charge in [-0.1, -0.05) is 6.42 Å². The molecule has 1 unspecified atom stereocenters. The van der Waals surface area contributed by atoms with Gasteiger partial charge in [-0.25, -0.2) is 0 Å². The molecule has 2 heterocycles. The van der Waals surface area contributed by atoms with Crippen molar-refractivity contribution in [3.8, 4) is 0 Å². The average molecular weight is 196 g/mol. The highest BCUT2D eigenvalue weighted by atomic mass is 16.1. The molecule has 0 bridgehead atoms. The maximum atomic E-state index is 11.0. The number of carbonyl (C=O) groups is 1. The van der Waals surface area contributed by atoms with Crippen LogP contribution in [0.1, 0.15) is 32.1 Å². The third kappa shape index (κ3) is 2.71. The number of hydrogen-bond donors (Lipinski definition) is 1. The first kappa shape index (κ1) is 9.97. The molecule has 0 aliphatic carbocycles. The van der Waals surface area contributed by atoms with Gasteiger partial charge in [0.25, 0.3) is 0 Å². The number of hydrogen-bond acceptors (Lipinski definition) is 2. The summed E-state index contributed by atoms with van der Waals surface area (Å²) in [5.41, 5.74) is 0. The van der Waals surface area contributed by atoms with Gasteiger partial charge in [0.2, 0.25) is 5.91 Å². The van der Waals surface area contributed by atoms with E-state index < -0.39 is 0 Å². The van der Waals surface area contributed by atoms with Gasteiger partial charge in [0, 0.05) is 13.0 Å². The Kier molecular flexibility index (Phi) is 3.40. The van der Waals surface area contributed by atoms with Gasteiger partial charge in [-0.05, 0) is 44.8 Å². The van der Waals surface area contributed by atoms with Crippen LogP contribution >= 0.6 is 0 Å². The SMILES string of the molecule is O=C1CC(CCN2CCCCC2)CN1. The molecule has 0 aromatic rings. The lowest BCUT2D eigenvalue weighted by atomic mass is 10.0. The molecule has 0 spiro atoms. The second kappa shape index (κ2) is 4.78. The van der Waals surface area contributed by atoms with Gasteiger partial charge in [-0.2, -0.15) is 0 Å². The van der Waals surface area contributed by atoms with Crippen molar-refractivity contribution in [2.75, 3.05) is 26.2 Å². The summed E-state index contributed by atoms with van der Waals surface area (Å²) in [5.74, 6) is 0.845. The van der Waals surface area contributed by atoms with Crippen LogP contribution in [0, 0.1) is 5.92 Å². The minimum Gasteiger partial charge on any atom is -0.356 e. The Balaban J connectivity index is 1.63. The number of nitrogens with zero attached hydrogens (tertiary/aromatic N) is 1. The maximum absolute atomic E-state index is 11.0. The molecular weight excluding hydrogens is 176 g/mol. The fourth-order valence-corrected chi connectivity index (χ4v) is 2.42. The lowest BCUT2D eigenvalue weighted by molar-refractivity contribution is -0.119. The van der Waals surface area contributed by atoms with Gasteiger partial charge >= 0.3 is 0 Å². The van der Waals surface area contributed by atoms with E-state index in [1.807, 2.05) is 0 Å². The highest BCUT2D eigenvalue weighted by molar-refractivity contribution is 5.78. The zero-order valence-corrected chi connectivity index (χ0v) is 8.80. The molecule has 1 atom stereocenters. The van der Waals surface area contributed by atoms with E-state index in [9.17, 15) is 4.79 Å². The van der Waals surface area contributed by atoms with E-state index in [1.165, 1.54) is 45.3 Å². The Bertz CT molecular complexity index is 199. The van der Waals surface area contributed by atoms with Crippen molar-refractivity contribution in [2.24, 2.45) is 5.92 Å². The van der Waals surface area contributed by atoms with Crippen molar-refractivity contribution in [3.05, 3.63) is 0 Å². The molecular formula is C11H20N2O. The molecule has 1 N–H and O–H groups in total. The van der Waals surface area contributed by atoms with Crippen LogP contribution in [0.4, 0.5) is 0 Å². The fourth-order valence-electron chi connectivity index (χ4n) is 2.42. The van der Waals surface area contributed by atoms with Gasteiger partial charge in [-0.3, -0.25) is 4.79 Å². The molecule has 1 amide bonds.